The van der Waals surface area contributed by atoms with Crippen LogP contribution in [0.15, 0.2) is 6.58 Å². The minimum atomic E-state index is 0.550. The molecule has 0 atom stereocenters. The summed E-state index contributed by atoms with van der Waals surface area (Å²) in [6, 6.07) is 0. The van der Waals surface area contributed by atoms with E-state index in [0.717, 1.165) is 5.92 Å². The zero-order chi connectivity index (χ0) is 12.3. The standard InChI is InChI=1S/C10H19.C3H5.Co.O/c1-10(2,3)9-7-5-4-6-8-9;1-3-2;;/h4,9H,5-8H2,1-3H3;1H2,2H3;;/q2*-1;;. The number of rotatable bonds is 0. The molecule has 1 nitrogen and oxygen atoms in total. The molecular formula is C13H24CoO-2. The van der Waals surface area contributed by atoms with Gasteiger partial charge < -0.3 is 12.5 Å². The summed E-state index contributed by atoms with van der Waals surface area (Å²) in [6.45, 7) is 12.1. The Hall–Kier alpha value is 0.0465. The maximum absolute atomic E-state index is 7.94. The van der Waals surface area contributed by atoms with Crippen LogP contribution in [0.1, 0.15) is 53.4 Å². The number of allylic oxidation sites excluding steroid dienone is 1. The first kappa shape index (κ1) is 17.4. The van der Waals surface area contributed by atoms with Crippen molar-refractivity contribution in [2.24, 2.45) is 11.3 Å². The average Bonchev–Trinajstić information content (AvgIpc) is 2.22. The van der Waals surface area contributed by atoms with Crippen molar-refractivity contribution in [2.75, 3.05) is 0 Å². The van der Waals surface area contributed by atoms with Gasteiger partial charge in [-0.3, -0.25) is 6.58 Å². The Morgan fingerprint density at radius 1 is 1.27 bits per heavy atom. The second kappa shape index (κ2) is 10.6. The van der Waals surface area contributed by atoms with Crippen LogP contribution in [-0.2, 0) is 19.5 Å². The van der Waals surface area contributed by atoms with Gasteiger partial charge in [0.15, 0.2) is 0 Å². The second-order valence-electron chi connectivity index (χ2n) is 4.86. The van der Waals surface area contributed by atoms with Gasteiger partial charge in [0.1, 0.15) is 0 Å². The summed E-state index contributed by atoms with van der Waals surface area (Å²) in [7, 11) is 0. The molecule has 1 fully saturated rings. The van der Waals surface area contributed by atoms with Gasteiger partial charge in [-0.25, -0.2) is 0 Å². The Labute approximate surface area is 104 Å². The summed E-state index contributed by atoms with van der Waals surface area (Å²) in [5, 5.41) is 0. The first-order valence-electron chi connectivity index (χ1n) is 5.41. The summed E-state index contributed by atoms with van der Waals surface area (Å²) >= 11 is 2.31. The van der Waals surface area contributed by atoms with E-state index in [4.69, 9.17) is 3.87 Å². The molecule has 0 unspecified atom stereocenters. The van der Waals surface area contributed by atoms with Gasteiger partial charge in [0.25, 0.3) is 0 Å². The third-order valence-electron chi connectivity index (χ3n) is 2.66. The fraction of sp³-hybridized carbons (Fsp3) is 0.769. The molecule has 0 aliphatic heterocycles. The van der Waals surface area contributed by atoms with Gasteiger partial charge in [0, 0.05) is 0 Å². The first-order chi connectivity index (χ1) is 7.02. The Kier molecular flexibility index (Phi) is 12.3. The van der Waals surface area contributed by atoms with Gasteiger partial charge in [-0.1, -0.05) is 33.6 Å². The van der Waals surface area contributed by atoms with Crippen molar-refractivity contribution in [1.82, 2.24) is 0 Å². The molecule has 1 aliphatic carbocycles. The van der Waals surface area contributed by atoms with Crippen molar-refractivity contribution in [3.05, 3.63) is 19.1 Å². The molecule has 0 amide bonds. The van der Waals surface area contributed by atoms with Crippen LogP contribution in [0.5, 0.6) is 0 Å². The summed E-state index contributed by atoms with van der Waals surface area (Å²) in [6.07, 6.45) is 10.5. The maximum atomic E-state index is 7.94. The molecular weight excluding hydrogens is 231 g/mol. The van der Waals surface area contributed by atoms with Gasteiger partial charge in [0.05, 0.1) is 0 Å². The van der Waals surface area contributed by atoms with Crippen molar-refractivity contribution < 1.29 is 19.5 Å². The van der Waals surface area contributed by atoms with E-state index in [0.29, 0.717) is 5.41 Å². The molecule has 2 heteroatoms. The quantitative estimate of drug-likeness (QED) is 0.590. The van der Waals surface area contributed by atoms with Crippen LogP contribution < -0.4 is 0 Å². The van der Waals surface area contributed by atoms with Crippen LogP contribution in [0, 0.1) is 23.8 Å². The van der Waals surface area contributed by atoms with Crippen molar-refractivity contribution >= 4 is 0 Å². The average molecular weight is 255 g/mol. The van der Waals surface area contributed by atoms with Crippen molar-refractivity contribution in [2.45, 2.75) is 53.4 Å². The fourth-order valence-electron chi connectivity index (χ4n) is 1.79. The Balaban J connectivity index is 0. The van der Waals surface area contributed by atoms with Crippen LogP contribution in [0.25, 0.3) is 0 Å². The molecule has 1 rings (SSSR count). The normalized spacial score (nSPS) is 16.6. The first-order valence-corrected chi connectivity index (χ1v) is 5.84. The van der Waals surface area contributed by atoms with Gasteiger partial charge in [-0.05, 0) is 11.3 Å². The van der Waals surface area contributed by atoms with E-state index < -0.39 is 0 Å². The predicted octanol–water partition coefficient (Wildman–Crippen LogP) is 4.30. The van der Waals surface area contributed by atoms with Gasteiger partial charge in [-0.15, -0.1) is 0 Å². The Morgan fingerprint density at radius 2 is 1.60 bits per heavy atom. The van der Waals surface area contributed by atoms with Crippen molar-refractivity contribution in [1.29, 1.82) is 0 Å². The van der Waals surface area contributed by atoms with E-state index in [1.165, 1.54) is 25.7 Å². The topological polar surface area (TPSA) is 17.1 Å². The molecule has 1 saturated carbocycles. The molecule has 0 saturated heterocycles. The van der Waals surface area contributed by atoms with Gasteiger partial charge in [-0.2, -0.15) is 19.8 Å². The second-order valence-corrected chi connectivity index (χ2v) is 4.86. The number of hydrogen-bond donors (Lipinski definition) is 0. The molecule has 0 N–H and O–H groups in total. The molecule has 0 aromatic rings. The van der Waals surface area contributed by atoms with E-state index in [9.17, 15) is 0 Å². The van der Waals surface area contributed by atoms with E-state index >= 15 is 0 Å². The monoisotopic (exact) mass is 255 g/mol. The zero-order valence-electron chi connectivity index (χ0n) is 10.4. The minimum absolute atomic E-state index is 0.550. The van der Waals surface area contributed by atoms with E-state index in [2.05, 4.69) is 55.5 Å². The molecule has 0 aromatic carbocycles. The summed E-state index contributed by atoms with van der Waals surface area (Å²) in [4.78, 5) is 0. The predicted molar refractivity (Wildman–Crippen MR) is 60.9 cm³/mol. The zero-order valence-corrected chi connectivity index (χ0v) is 11.5. The van der Waals surface area contributed by atoms with Crippen LogP contribution >= 0.6 is 0 Å². The van der Waals surface area contributed by atoms with Crippen LogP contribution in [0.2, 0.25) is 0 Å². The molecule has 0 heterocycles. The molecule has 0 spiro atoms. The molecule has 1 aliphatic rings. The van der Waals surface area contributed by atoms with Crippen LogP contribution in [0.3, 0.4) is 0 Å². The summed E-state index contributed by atoms with van der Waals surface area (Å²) in [5.74, 6) is 0.970. The van der Waals surface area contributed by atoms with Crippen LogP contribution in [-0.4, -0.2) is 0 Å². The molecule has 93 valence electrons. The van der Waals surface area contributed by atoms with Crippen LogP contribution in [0.4, 0.5) is 0 Å². The third kappa shape index (κ3) is 10.3. The molecule has 0 aromatic heterocycles. The SMILES string of the molecule is C=[C-]C.CC(C)(C)C1CC[CH-]CC1.[O]=[Co]. The Bertz CT molecular complexity index is 143. The van der Waals surface area contributed by atoms with Crippen molar-refractivity contribution in [3.8, 4) is 0 Å². The van der Waals surface area contributed by atoms with Crippen molar-refractivity contribution in [3.63, 3.8) is 0 Å². The van der Waals surface area contributed by atoms with Gasteiger partial charge in [0.2, 0.25) is 0 Å². The molecule has 0 bridgehead atoms. The third-order valence-corrected chi connectivity index (χ3v) is 2.66. The summed E-state index contributed by atoms with van der Waals surface area (Å²) < 4.78 is 7.94. The van der Waals surface area contributed by atoms with Gasteiger partial charge >= 0.3 is 19.5 Å². The van der Waals surface area contributed by atoms with E-state index in [-0.39, 0.29) is 0 Å². The van der Waals surface area contributed by atoms with E-state index in [1.54, 1.807) is 6.92 Å². The molecule has 15 heavy (non-hydrogen) atoms. The summed E-state index contributed by atoms with van der Waals surface area (Å²) in [5.41, 5.74) is 0.550. The molecule has 0 radical (unpaired) electrons. The van der Waals surface area contributed by atoms with E-state index in [1.807, 2.05) is 0 Å². The fourth-order valence-corrected chi connectivity index (χ4v) is 1.79. The Morgan fingerprint density at radius 3 is 1.80 bits per heavy atom. The number of hydrogen-bond acceptors (Lipinski definition) is 1.